The Morgan fingerprint density at radius 1 is 1.56 bits per heavy atom. The average molecular weight is 269 g/mol. The SMILES string of the molecule is CCN(CC1CCC1)c1ccc(Cl)c(C(=O)O)n1. The van der Waals surface area contributed by atoms with E-state index in [-0.39, 0.29) is 10.7 Å². The van der Waals surface area contributed by atoms with Gasteiger partial charge < -0.3 is 10.0 Å². The van der Waals surface area contributed by atoms with Gasteiger partial charge in [-0.1, -0.05) is 18.0 Å². The quantitative estimate of drug-likeness (QED) is 0.892. The van der Waals surface area contributed by atoms with Gasteiger partial charge in [-0.25, -0.2) is 9.78 Å². The van der Waals surface area contributed by atoms with Gasteiger partial charge in [0.25, 0.3) is 0 Å². The Bertz CT molecular complexity index is 447. The van der Waals surface area contributed by atoms with E-state index in [1.54, 1.807) is 12.1 Å². The van der Waals surface area contributed by atoms with Crippen LogP contribution in [-0.4, -0.2) is 29.1 Å². The summed E-state index contributed by atoms with van der Waals surface area (Å²) in [6.07, 6.45) is 3.82. The van der Waals surface area contributed by atoms with Gasteiger partial charge in [-0.15, -0.1) is 0 Å². The van der Waals surface area contributed by atoms with Crippen molar-refractivity contribution in [3.8, 4) is 0 Å². The van der Waals surface area contributed by atoms with Crippen LogP contribution in [0.2, 0.25) is 5.02 Å². The molecule has 0 saturated heterocycles. The Labute approximate surface area is 112 Å². The number of hydrogen-bond donors (Lipinski definition) is 1. The molecule has 1 N–H and O–H groups in total. The summed E-state index contributed by atoms with van der Waals surface area (Å²) in [6, 6.07) is 3.40. The van der Waals surface area contributed by atoms with E-state index in [9.17, 15) is 4.79 Å². The van der Waals surface area contributed by atoms with Gasteiger partial charge in [-0.2, -0.15) is 0 Å². The molecule has 0 unspecified atom stereocenters. The summed E-state index contributed by atoms with van der Waals surface area (Å²) in [4.78, 5) is 17.3. The Kier molecular flexibility index (Phi) is 4.07. The first kappa shape index (κ1) is 13.1. The summed E-state index contributed by atoms with van der Waals surface area (Å²) in [5.74, 6) is 0.337. The molecule has 0 bridgehead atoms. The number of aromatic nitrogens is 1. The number of carbonyl (C=O) groups is 1. The van der Waals surface area contributed by atoms with Crippen molar-refractivity contribution in [2.24, 2.45) is 5.92 Å². The lowest BCUT2D eigenvalue weighted by Gasteiger charge is -2.32. The van der Waals surface area contributed by atoms with E-state index in [0.717, 1.165) is 19.0 Å². The van der Waals surface area contributed by atoms with Gasteiger partial charge in [-0.3, -0.25) is 0 Å². The fraction of sp³-hybridized carbons (Fsp3) is 0.538. The third kappa shape index (κ3) is 2.75. The third-order valence-corrected chi connectivity index (χ3v) is 3.75. The standard InChI is InChI=1S/C13H17ClN2O2/c1-2-16(8-9-4-3-5-9)11-7-6-10(14)12(15-11)13(17)18/h6-7,9H,2-5,8H2,1H3,(H,17,18). The Balaban J connectivity index is 2.19. The molecule has 18 heavy (non-hydrogen) atoms. The molecular weight excluding hydrogens is 252 g/mol. The summed E-state index contributed by atoms with van der Waals surface area (Å²) in [7, 11) is 0. The molecule has 1 aliphatic rings. The molecule has 0 amide bonds. The topological polar surface area (TPSA) is 53.4 Å². The van der Waals surface area contributed by atoms with E-state index in [2.05, 4.69) is 16.8 Å². The van der Waals surface area contributed by atoms with Crippen LogP contribution >= 0.6 is 11.6 Å². The van der Waals surface area contributed by atoms with Crippen LogP contribution in [0.15, 0.2) is 12.1 Å². The Hall–Kier alpha value is -1.29. The average Bonchev–Trinajstić information content (AvgIpc) is 2.29. The molecule has 1 aromatic heterocycles. The second-order valence-corrected chi connectivity index (χ2v) is 5.05. The molecule has 1 heterocycles. The van der Waals surface area contributed by atoms with E-state index in [4.69, 9.17) is 16.7 Å². The monoisotopic (exact) mass is 268 g/mol. The molecular formula is C13H17ClN2O2. The minimum Gasteiger partial charge on any atom is -0.476 e. The van der Waals surface area contributed by atoms with Crippen molar-refractivity contribution in [2.45, 2.75) is 26.2 Å². The van der Waals surface area contributed by atoms with Crippen molar-refractivity contribution < 1.29 is 9.90 Å². The molecule has 0 aromatic carbocycles. The van der Waals surface area contributed by atoms with Crippen LogP contribution in [0.25, 0.3) is 0 Å². The maximum Gasteiger partial charge on any atom is 0.356 e. The highest BCUT2D eigenvalue weighted by molar-refractivity contribution is 6.33. The number of carboxylic acid groups (broad SMARTS) is 1. The summed E-state index contributed by atoms with van der Waals surface area (Å²) >= 11 is 5.82. The summed E-state index contributed by atoms with van der Waals surface area (Å²) in [6.45, 7) is 3.82. The van der Waals surface area contributed by atoms with Crippen LogP contribution in [-0.2, 0) is 0 Å². The lowest BCUT2D eigenvalue weighted by Crippen LogP contribution is -2.33. The molecule has 0 spiro atoms. The van der Waals surface area contributed by atoms with E-state index < -0.39 is 5.97 Å². The zero-order valence-corrected chi connectivity index (χ0v) is 11.2. The molecule has 1 fully saturated rings. The molecule has 5 heteroatoms. The molecule has 0 atom stereocenters. The number of rotatable bonds is 5. The Morgan fingerprint density at radius 3 is 2.78 bits per heavy atom. The minimum atomic E-state index is -1.08. The lowest BCUT2D eigenvalue weighted by atomic mass is 9.85. The molecule has 2 rings (SSSR count). The van der Waals surface area contributed by atoms with Crippen molar-refractivity contribution in [1.82, 2.24) is 4.98 Å². The number of carboxylic acids is 1. The van der Waals surface area contributed by atoms with Gasteiger partial charge in [-0.05, 0) is 37.8 Å². The normalized spacial score (nSPS) is 15.2. The number of hydrogen-bond acceptors (Lipinski definition) is 3. The highest BCUT2D eigenvalue weighted by Crippen LogP contribution is 2.29. The summed E-state index contributed by atoms with van der Waals surface area (Å²) in [5.41, 5.74) is -0.0683. The first-order valence-electron chi connectivity index (χ1n) is 6.26. The van der Waals surface area contributed by atoms with Crippen molar-refractivity contribution in [2.75, 3.05) is 18.0 Å². The fourth-order valence-corrected chi connectivity index (χ4v) is 2.32. The molecule has 1 aliphatic carbocycles. The number of pyridine rings is 1. The predicted octanol–water partition coefficient (Wildman–Crippen LogP) is 3.06. The van der Waals surface area contributed by atoms with Gasteiger partial charge >= 0.3 is 5.97 Å². The van der Waals surface area contributed by atoms with Gasteiger partial charge in [0.2, 0.25) is 0 Å². The van der Waals surface area contributed by atoms with Crippen LogP contribution in [0.1, 0.15) is 36.7 Å². The second kappa shape index (κ2) is 5.57. The van der Waals surface area contributed by atoms with E-state index in [0.29, 0.717) is 5.82 Å². The van der Waals surface area contributed by atoms with Gasteiger partial charge in [0.1, 0.15) is 5.82 Å². The molecule has 4 nitrogen and oxygen atoms in total. The van der Waals surface area contributed by atoms with Crippen molar-refractivity contribution in [3.63, 3.8) is 0 Å². The number of anilines is 1. The summed E-state index contributed by atoms with van der Waals surface area (Å²) < 4.78 is 0. The number of aromatic carboxylic acids is 1. The van der Waals surface area contributed by atoms with Gasteiger partial charge in [0.15, 0.2) is 5.69 Å². The lowest BCUT2D eigenvalue weighted by molar-refractivity contribution is 0.0691. The number of halogens is 1. The van der Waals surface area contributed by atoms with Crippen molar-refractivity contribution in [3.05, 3.63) is 22.8 Å². The zero-order valence-electron chi connectivity index (χ0n) is 10.4. The third-order valence-electron chi connectivity index (χ3n) is 3.44. The first-order valence-corrected chi connectivity index (χ1v) is 6.64. The molecule has 0 radical (unpaired) electrons. The maximum atomic E-state index is 11.0. The van der Waals surface area contributed by atoms with E-state index in [1.807, 2.05) is 0 Å². The predicted molar refractivity (Wildman–Crippen MR) is 71.4 cm³/mol. The smallest absolute Gasteiger partial charge is 0.356 e. The molecule has 98 valence electrons. The van der Waals surface area contributed by atoms with Crippen LogP contribution in [0, 0.1) is 5.92 Å². The van der Waals surface area contributed by atoms with Gasteiger partial charge in [0, 0.05) is 13.1 Å². The molecule has 1 aromatic rings. The van der Waals surface area contributed by atoms with Crippen LogP contribution in [0.5, 0.6) is 0 Å². The zero-order chi connectivity index (χ0) is 13.1. The molecule has 1 saturated carbocycles. The maximum absolute atomic E-state index is 11.0. The highest BCUT2D eigenvalue weighted by Gasteiger charge is 2.21. The second-order valence-electron chi connectivity index (χ2n) is 4.64. The van der Waals surface area contributed by atoms with Crippen LogP contribution in [0.4, 0.5) is 5.82 Å². The van der Waals surface area contributed by atoms with Gasteiger partial charge in [0.05, 0.1) is 5.02 Å². The number of nitrogens with zero attached hydrogens (tertiary/aromatic N) is 2. The van der Waals surface area contributed by atoms with Crippen molar-refractivity contribution in [1.29, 1.82) is 0 Å². The van der Waals surface area contributed by atoms with Crippen molar-refractivity contribution >= 4 is 23.4 Å². The summed E-state index contributed by atoms with van der Waals surface area (Å²) in [5, 5.41) is 9.20. The molecule has 0 aliphatic heterocycles. The van der Waals surface area contributed by atoms with E-state index in [1.165, 1.54) is 19.3 Å². The largest absolute Gasteiger partial charge is 0.476 e. The first-order chi connectivity index (χ1) is 8.61. The Morgan fingerprint density at radius 2 is 2.28 bits per heavy atom. The highest BCUT2D eigenvalue weighted by atomic mass is 35.5. The van der Waals surface area contributed by atoms with E-state index >= 15 is 0 Å². The fourth-order valence-electron chi connectivity index (χ4n) is 2.13. The van der Waals surface area contributed by atoms with Crippen LogP contribution < -0.4 is 4.90 Å². The minimum absolute atomic E-state index is 0.0683. The van der Waals surface area contributed by atoms with Crippen LogP contribution in [0.3, 0.4) is 0 Å².